The van der Waals surface area contributed by atoms with Crippen molar-refractivity contribution in [1.29, 1.82) is 0 Å². The van der Waals surface area contributed by atoms with Crippen molar-refractivity contribution in [2.24, 2.45) is 5.92 Å². The first-order valence-corrected chi connectivity index (χ1v) is 3.64. The molecule has 2 atom stereocenters. The SMILES string of the molecule is C[C@@H]1CCC(=O)N[C@@H]1CO. The normalized spacial score (nSPS) is 33.6. The number of piperidine rings is 1. The van der Waals surface area contributed by atoms with Crippen molar-refractivity contribution in [2.45, 2.75) is 25.8 Å². The molecule has 0 aromatic rings. The van der Waals surface area contributed by atoms with Gasteiger partial charge in [0.2, 0.25) is 5.91 Å². The van der Waals surface area contributed by atoms with Gasteiger partial charge in [-0.3, -0.25) is 4.79 Å². The lowest BCUT2D eigenvalue weighted by atomic mass is 9.93. The van der Waals surface area contributed by atoms with Crippen LogP contribution in [0.25, 0.3) is 0 Å². The molecule has 1 fully saturated rings. The van der Waals surface area contributed by atoms with E-state index < -0.39 is 0 Å². The van der Waals surface area contributed by atoms with Crippen molar-refractivity contribution in [1.82, 2.24) is 5.32 Å². The first-order valence-electron chi connectivity index (χ1n) is 3.64. The van der Waals surface area contributed by atoms with Gasteiger partial charge in [-0.1, -0.05) is 6.92 Å². The lowest BCUT2D eigenvalue weighted by molar-refractivity contribution is -0.124. The topological polar surface area (TPSA) is 49.3 Å². The van der Waals surface area contributed by atoms with Crippen molar-refractivity contribution in [2.75, 3.05) is 6.61 Å². The van der Waals surface area contributed by atoms with Crippen LogP contribution < -0.4 is 5.32 Å². The Labute approximate surface area is 60.4 Å². The second-order valence-corrected chi connectivity index (χ2v) is 2.87. The minimum Gasteiger partial charge on any atom is -0.394 e. The molecule has 0 bridgehead atoms. The largest absolute Gasteiger partial charge is 0.394 e. The van der Waals surface area contributed by atoms with Gasteiger partial charge < -0.3 is 10.4 Å². The van der Waals surface area contributed by atoms with Crippen molar-refractivity contribution in [3.05, 3.63) is 0 Å². The van der Waals surface area contributed by atoms with E-state index in [1.165, 1.54) is 0 Å². The van der Waals surface area contributed by atoms with Crippen LogP contribution in [0.4, 0.5) is 0 Å². The van der Waals surface area contributed by atoms with Gasteiger partial charge in [-0.15, -0.1) is 0 Å². The Balaban J connectivity index is 2.45. The molecule has 1 saturated heterocycles. The molecule has 3 heteroatoms. The third kappa shape index (κ3) is 1.48. The summed E-state index contributed by atoms with van der Waals surface area (Å²) in [5.74, 6) is 0.486. The van der Waals surface area contributed by atoms with E-state index in [0.717, 1.165) is 6.42 Å². The fourth-order valence-electron chi connectivity index (χ4n) is 1.21. The molecule has 3 nitrogen and oxygen atoms in total. The van der Waals surface area contributed by atoms with E-state index in [-0.39, 0.29) is 18.6 Å². The molecule has 1 rings (SSSR count). The number of aliphatic hydroxyl groups is 1. The van der Waals surface area contributed by atoms with Crippen LogP contribution >= 0.6 is 0 Å². The van der Waals surface area contributed by atoms with Crippen molar-refractivity contribution in [3.8, 4) is 0 Å². The quantitative estimate of drug-likeness (QED) is 0.538. The highest BCUT2D eigenvalue weighted by Gasteiger charge is 2.23. The fraction of sp³-hybridized carbons (Fsp3) is 0.857. The monoisotopic (exact) mass is 143 g/mol. The number of amides is 1. The summed E-state index contributed by atoms with van der Waals surface area (Å²) in [7, 11) is 0. The Morgan fingerprint density at radius 3 is 3.00 bits per heavy atom. The molecule has 0 radical (unpaired) electrons. The van der Waals surface area contributed by atoms with E-state index >= 15 is 0 Å². The first kappa shape index (κ1) is 7.54. The summed E-state index contributed by atoms with van der Waals surface area (Å²) in [4.78, 5) is 10.8. The fourth-order valence-corrected chi connectivity index (χ4v) is 1.21. The molecule has 2 N–H and O–H groups in total. The number of rotatable bonds is 1. The summed E-state index contributed by atoms with van der Waals surface area (Å²) in [6.45, 7) is 2.10. The number of carbonyl (C=O) groups excluding carboxylic acids is 1. The number of aliphatic hydroxyl groups excluding tert-OH is 1. The van der Waals surface area contributed by atoms with E-state index in [1.54, 1.807) is 0 Å². The van der Waals surface area contributed by atoms with Crippen LogP contribution in [0, 0.1) is 5.92 Å². The Hall–Kier alpha value is -0.570. The Morgan fingerprint density at radius 2 is 2.50 bits per heavy atom. The molecule has 1 aliphatic rings. The molecule has 1 aliphatic heterocycles. The highest BCUT2D eigenvalue weighted by molar-refractivity contribution is 5.77. The third-order valence-electron chi connectivity index (χ3n) is 2.06. The summed E-state index contributed by atoms with van der Waals surface area (Å²) in [5.41, 5.74) is 0. The molecule has 58 valence electrons. The minimum absolute atomic E-state index is 0.0127. The molecule has 0 aromatic heterocycles. The number of hydrogen-bond donors (Lipinski definition) is 2. The highest BCUT2D eigenvalue weighted by atomic mass is 16.3. The zero-order valence-electron chi connectivity index (χ0n) is 6.13. The van der Waals surface area contributed by atoms with E-state index in [4.69, 9.17) is 5.11 Å². The highest BCUT2D eigenvalue weighted by Crippen LogP contribution is 2.15. The average molecular weight is 143 g/mol. The van der Waals surface area contributed by atoms with Crippen LogP contribution in [0.1, 0.15) is 19.8 Å². The van der Waals surface area contributed by atoms with Gasteiger partial charge in [-0.2, -0.15) is 0 Å². The lowest BCUT2D eigenvalue weighted by Gasteiger charge is -2.27. The summed E-state index contributed by atoms with van der Waals surface area (Å²) in [5, 5.41) is 11.5. The Kier molecular flexibility index (Phi) is 2.27. The molecule has 0 unspecified atom stereocenters. The Morgan fingerprint density at radius 1 is 1.80 bits per heavy atom. The predicted molar refractivity (Wildman–Crippen MR) is 37.4 cm³/mol. The maximum Gasteiger partial charge on any atom is 0.220 e. The summed E-state index contributed by atoms with van der Waals surface area (Å²) >= 11 is 0. The van der Waals surface area contributed by atoms with Crippen LogP contribution in [0.2, 0.25) is 0 Å². The van der Waals surface area contributed by atoms with Gasteiger partial charge in [0.05, 0.1) is 12.6 Å². The van der Waals surface area contributed by atoms with Gasteiger partial charge in [-0.05, 0) is 12.3 Å². The maximum atomic E-state index is 10.8. The van der Waals surface area contributed by atoms with Crippen LogP contribution in [0.5, 0.6) is 0 Å². The minimum atomic E-state index is -0.0127. The van der Waals surface area contributed by atoms with Gasteiger partial charge in [-0.25, -0.2) is 0 Å². The second kappa shape index (κ2) is 3.01. The molecule has 10 heavy (non-hydrogen) atoms. The lowest BCUT2D eigenvalue weighted by Crippen LogP contribution is -2.45. The molecule has 1 heterocycles. The first-order chi connectivity index (χ1) is 4.74. The molecule has 0 aromatic carbocycles. The standard InChI is InChI=1S/C7H13NO2/c1-5-2-3-7(10)8-6(5)4-9/h5-6,9H,2-4H2,1H3,(H,8,10)/t5-,6-/m1/s1. The van der Waals surface area contributed by atoms with Gasteiger partial charge in [0, 0.05) is 6.42 Å². The zero-order valence-corrected chi connectivity index (χ0v) is 6.13. The summed E-state index contributed by atoms with van der Waals surface area (Å²) in [6, 6.07) is -0.0127. The molecule has 0 saturated carbocycles. The number of hydrogen-bond acceptors (Lipinski definition) is 2. The van der Waals surface area contributed by atoms with E-state index in [2.05, 4.69) is 5.32 Å². The van der Waals surface area contributed by atoms with Gasteiger partial charge in [0.15, 0.2) is 0 Å². The van der Waals surface area contributed by atoms with Crippen LogP contribution in [0.15, 0.2) is 0 Å². The molecule has 0 spiro atoms. The van der Waals surface area contributed by atoms with Crippen molar-refractivity contribution in [3.63, 3.8) is 0 Å². The predicted octanol–water partition coefficient (Wildman–Crippen LogP) is -0.107. The zero-order chi connectivity index (χ0) is 7.56. The van der Waals surface area contributed by atoms with Crippen LogP contribution in [0.3, 0.4) is 0 Å². The van der Waals surface area contributed by atoms with Gasteiger partial charge >= 0.3 is 0 Å². The number of carbonyl (C=O) groups is 1. The van der Waals surface area contributed by atoms with Crippen molar-refractivity contribution >= 4 is 5.91 Å². The van der Waals surface area contributed by atoms with E-state index in [1.807, 2.05) is 6.92 Å². The van der Waals surface area contributed by atoms with Gasteiger partial charge in [0.1, 0.15) is 0 Å². The smallest absolute Gasteiger partial charge is 0.220 e. The second-order valence-electron chi connectivity index (χ2n) is 2.87. The van der Waals surface area contributed by atoms with Crippen LogP contribution in [-0.2, 0) is 4.79 Å². The average Bonchev–Trinajstić information content (AvgIpc) is 1.94. The summed E-state index contributed by atoms with van der Waals surface area (Å²) in [6.07, 6.45) is 1.51. The van der Waals surface area contributed by atoms with Gasteiger partial charge in [0.25, 0.3) is 0 Å². The molecule has 1 amide bonds. The Bertz CT molecular complexity index is 136. The molecular weight excluding hydrogens is 130 g/mol. The van der Waals surface area contributed by atoms with Crippen LogP contribution in [-0.4, -0.2) is 23.7 Å². The maximum absolute atomic E-state index is 10.8. The van der Waals surface area contributed by atoms with E-state index in [0.29, 0.717) is 12.3 Å². The molecular formula is C7H13NO2. The summed E-state index contributed by atoms with van der Waals surface area (Å²) < 4.78 is 0. The third-order valence-corrected chi connectivity index (χ3v) is 2.06. The number of nitrogens with one attached hydrogen (secondary N) is 1. The van der Waals surface area contributed by atoms with E-state index in [9.17, 15) is 4.79 Å². The molecule has 0 aliphatic carbocycles. The van der Waals surface area contributed by atoms with Crippen molar-refractivity contribution < 1.29 is 9.90 Å².